The summed E-state index contributed by atoms with van der Waals surface area (Å²) < 4.78 is 0. The number of carbonyl (C=O) groups excluding carboxylic acids is 3. The molecule has 0 radical (unpaired) electrons. The van der Waals surface area contributed by atoms with Crippen molar-refractivity contribution in [3.8, 4) is 0 Å². The highest BCUT2D eigenvalue weighted by atomic mass is 16.2. The molecular weight excluding hydrogens is 340 g/mol. The van der Waals surface area contributed by atoms with E-state index < -0.39 is 11.6 Å². The number of benzene rings is 2. The Bertz CT molecular complexity index is 846. The van der Waals surface area contributed by atoms with Gasteiger partial charge in [0.15, 0.2) is 5.78 Å². The van der Waals surface area contributed by atoms with Crippen molar-refractivity contribution in [3.05, 3.63) is 71.3 Å². The van der Waals surface area contributed by atoms with Crippen molar-refractivity contribution in [2.24, 2.45) is 0 Å². The smallest absolute Gasteiger partial charge is 0.319 e. The van der Waals surface area contributed by atoms with Crippen LogP contribution in [0.3, 0.4) is 0 Å². The van der Waals surface area contributed by atoms with E-state index in [4.69, 9.17) is 0 Å². The van der Waals surface area contributed by atoms with E-state index in [1.54, 1.807) is 12.1 Å². The Balaban J connectivity index is 1.80. The molecule has 0 aliphatic carbocycles. The highest BCUT2D eigenvalue weighted by Crippen LogP contribution is 2.32. The van der Waals surface area contributed by atoms with Crippen molar-refractivity contribution in [2.45, 2.75) is 38.6 Å². The summed E-state index contributed by atoms with van der Waals surface area (Å²) in [6.45, 7) is 3.69. The van der Waals surface area contributed by atoms with Gasteiger partial charge in [-0.1, -0.05) is 74.9 Å². The molecule has 1 fully saturated rings. The molecule has 5 heteroatoms. The molecule has 2 aromatic rings. The second kappa shape index (κ2) is 7.74. The lowest BCUT2D eigenvalue weighted by molar-refractivity contribution is -0.131. The van der Waals surface area contributed by atoms with E-state index in [0.29, 0.717) is 12.0 Å². The standard InChI is InChI=1S/C22H24N2O3/c1-3-8-16-11-13-17(14-12-16)19(25)15-24-20(26)22(4-2,23-21(24)27)18-9-6-5-7-10-18/h5-7,9-14H,3-4,8,15H2,1-2H3,(H,23,27)/t22-/m0/s1. The largest absolute Gasteiger partial charge is 0.325 e. The number of hydrogen-bond donors (Lipinski definition) is 1. The molecule has 2 aromatic carbocycles. The summed E-state index contributed by atoms with van der Waals surface area (Å²) in [6.07, 6.45) is 2.41. The molecule has 1 N–H and O–H groups in total. The van der Waals surface area contributed by atoms with Crippen LogP contribution in [0, 0.1) is 0 Å². The zero-order valence-electron chi connectivity index (χ0n) is 15.7. The predicted octanol–water partition coefficient (Wildman–Crippen LogP) is 3.68. The Kier molecular flexibility index (Phi) is 5.40. The van der Waals surface area contributed by atoms with E-state index >= 15 is 0 Å². The Hall–Kier alpha value is -2.95. The number of urea groups is 1. The number of carbonyl (C=O) groups is 3. The van der Waals surface area contributed by atoms with E-state index in [2.05, 4.69) is 12.2 Å². The van der Waals surface area contributed by atoms with Gasteiger partial charge in [-0.25, -0.2) is 4.79 Å². The number of imide groups is 1. The molecule has 27 heavy (non-hydrogen) atoms. The molecule has 0 bridgehead atoms. The van der Waals surface area contributed by atoms with Gasteiger partial charge in [0.2, 0.25) is 0 Å². The first-order chi connectivity index (χ1) is 13.0. The average Bonchev–Trinajstić information content (AvgIpc) is 2.94. The zero-order valence-corrected chi connectivity index (χ0v) is 15.7. The van der Waals surface area contributed by atoms with Crippen LogP contribution in [0.25, 0.3) is 0 Å². The van der Waals surface area contributed by atoms with E-state index in [0.717, 1.165) is 28.9 Å². The van der Waals surface area contributed by atoms with Crippen LogP contribution in [0.2, 0.25) is 0 Å². The number of amides is 3. The fourth-order valence-corrected chi connectivity index (χ4v) is 3.51. The molecule has 1 aliphatic rings. The monoisotopic (exact) mass is 364 g/mol. The quantitative estimate of drug-likeness (QED) is 0.602. The fourth-order valence-electron chi connectivity index (χ4n) is 3.51. The summed E-state index contributed by atoms with van der Waals surface area (Å²) in [7, 11) is 0. The van der Waals surface area contributed by atoms with Gasteiger partial charge in [0, 0.05) is 5.56 Å². The van der Waals surface area contributed by atoms with Gasteiger partial charge in [0.05, 0.1) is 6.54 Å². The second-order valence-corrected chi connectivity index (χ2v) is 6.82. The van der Waals surface area contributed by atoms with Gasteiger partial charge in [0.25, 0.3) is 5.91 Å². The highest BCUT2D eigenvalue weighted by Gasteiger charge is 2.51. The summed E-state index contributed by atoms with van der Waals surface area (Å²) in [6, 6.07) is 16.0. The van der Waals surface area contributed by atoms with Crippen molar-refractivity contribution < 1.29 is 14.4 Å². The van der Waals surface area contributed by atoms with Crippen LogP contribution in [-0.4, -0.2) is 29.2 Å². The molecule has 140 valence electrons. The lowest BCUT2D eigenvalue weighted by Crippen LogP contribution is -2.43. The Morgan fingerprint density at radius 1 is 1.00 bits per heavy atom. The number of hydrogen-bond acceptors (Lipinski definition) is 3. The number of rotatable bonds is 7. The predicted molar refractivity (Wildman–Crippen MR) is 103 cm³/mol. The van der Waals surface area contributed by atoms with Crippen LogP contribution < -0.4 is 5.32 Å². The van der Waals surface area contributed by atoms with Gasteiger partial charge >= 0.3 is 6.03 Å². The molecule has 3 rings (SSSR count). The Morgan fingerprint density at radius 2 is 1.67 bits per heavy atom. The topological polar surface area (TPSA) is 66.5 Å². The lowest BCUT2D eigenvalue weighted by atomic mass is 9.87. The molecule has 3 amide bonds. The summed E-state index contributed by atoms with van der Waals surface area (Å²) in [5, 5.41) is 2.80. The maximum atomic E-state index is 13.1. The maximum Gasteiger partial charge on any atom is 0.325 e. The normalized spacial score (nSPS) is 19.3. The fraction of sp³-hybridized carbons (Fsp3) is 0.318. The summed E-state index contributed by atoms with van der Waals surface area (Å²) in [5.41, 5.74) is 1.29. The van der Waals surface area contributed by atoms with Gasteiger partial charge in [-0.05, 0) is 24.0 Å². The van der Waals surface area contributed by atoms with Crippen LogP contribution in [0.15, 0.2) is 54.6 Å². The molecule has 5 nitrogen and oxygen atoms in total. The minimum Gasteiger partial charge on any atom is -0.319 e. The number of aryl methyl sites for hydroxylation is 1. The van der Waals surface area contributed by atoms with Crippen molar-refractivity contribution in [1.82, 2.24) is 10.2 Å². The summed E-state index contributed by atoms with van der Waals surface area (Å²) in [4.78, 5) is 39.2. The molecule has 1 aliphatic heterocycles. The molecule has 0 saturated carbocycles. The van der Waals surface area contributed by atoms with E-state index in [1.165, 1.54) is 0 Å². The van der Waals surface area contributed by atoms with Crippen LogP contribution in [-0.2, 0) is 16.8 Å². The Morgan fingerprint density at radius 3 is 2.26 bits per heavy atom. The van der Waals surface area contributed by atoms with Crippen molar-refractivity contribution in [2.75, 3.05) is 6.54 Å². The lowest BCUT2D eigenvalue weighted by Gasteiger charge is -2.25. The first-order valence-corrected chi connectivity index (χ1v) is 9.33. The van der Waals surface area contributed by atoms with Crippen molar-refractivity contribution in [1.29, 1.82) is 0 Å². The first kappa shape index (κ1) is 18.8. The van der Waals surface area contributed by atoms with E-state index in [1.807, 2.05) is 49.4 Å². The minimum absolute atomic E-state index is 0.249. The molecule has 0 aromatic heterocycles. The number of ketones is 1. The maximum absolute atomic E-state index is 13.1. The minimum atomic E-state index is -1.11. The van der Waals surface area contributed by atoms with Gasteiger partial charge in [-0.15, -0.1) is 0 Å². The Labute approximate surface area is 159 Å². The molecule has 1 heterocycles. The first-order valence-electron chi connectivity index (χ1n) is 9.33. The van der Waals surface area contributed by atoms with Gasteiger partial charge in [0.1, 0.15) is 5.54 Å². The van der Waals surface area contributed by atoms with Gasteiger partial charge < -0.3 is 5.32 Å². The molecule has 1 atom stereocenters. The van der Waals surface area contributed by atoms with Crippen LogP contribution in [0.1, 0.15) is 48.2 Å². The molecule has 0 spiro atoms. The van der Waals surface area contributed by atoms with Crippen molar-refractivity contribution in [3.63, 3.8) is 0 Å². The number of nitrogens with zero attached hydrogens (tertiary/aromatic N) is 1. The highest BCUT2D eigenvalue weighted by molar-refractivity contribution is 6.11. The zero-order chi connectivity index (χ0) is 19.4. The second-order valence-electron chi connectivity index (χ2n) is 6.82. The van der Waals surface area contributed by atoms with Crippen molar-refractivity contribution >= 4 is 17.7 Å². The van der Waals surface area contributed by atoms with Crippen LogP contribution in [0.5, 0.6) is 0 Å². The van der Waals surface area contributed by atoms with Crippen LogP contribution in [0.4, 0.5) is 4.79 Å². The average molecular weight is 364 g/mol. The van der Waals surface area contributed by atoms with Crippen LogP contribution >= 0.6 is 0 Å². The number of nitrogens with one attached hydrogen (secondary N) is 1. The number of Topliss-reactive ketones (excluding diaryl/α,β-unsaturated/α-hetero) is 1. The molecular formula is C22H24N2O3. The third-order valence-corrected chi connectivity index (χ3v) is 5.09. The van der Waals surface area contributed by atoms with E-state index in [-0.39, 0.29) is 18.2 Å². The third kappa shape index (κ3) is 3.50. The van der Waals surface area contributed by atoms with Gasteiger partial charge in [-0.3, -0.25) is 14.5 Å². The third-order valence-electron chi connectivity index (χ3n) is 5.09. The SMILES string of the molecule is CCCc1ccc(C(=O)CN2C(=O)N[C@@](CC)(c3ccccc3)C2=O)cc1. The molecule has 0 unspecified atom stereocenters. The summed E-state index contributed by atoms with van der Waals surface area (Å²) >= 11 is 0. The van der Waals surface area contributed by atoms with E-state index in [9.17, 15) is 14.4 Å². The summed E-state index contributed by atoms with van der Waals surface area (Å²) in [5.74, 6) is -0.626. The molecule has 1 saturated heterocycles. The van der Waals surface area contributed by atoms with Gasteiger partial charge in [-0.2, -0.15) is 0 Å².